The summed E-state index contributed by atoms with van der Waals surface area (Å²) in [6, 6.07) is 9.38. The van der Waals surface area contributed by atoms with Crippen molar-refractivity contribution in [3.05, 3.63) is 54.4 Å². The monoisotopic (exact) mass is 373 g/mol. The van der Waals surface area contributed by atoms with Gasteiger partial charge in [0.15, 0.2) is 5.78 Å². The van der Waals surface area contributed by atoms with Gasteiger partial charge in [-0.1, -0.05) is 12.1 Å². The standard InChI is InChI=1S/C18H19N3O4S/c1-13(22)14-4-2-5-15(10-14)20-18(23)12-21(16-7-8-16)26(24,25)17-6-3-9-19-11-17/h2-6,9-11,16H,7-8,12H2,1H3,(H,20,23). The van der Waals surface area contributed by atoms with Crippen molar-refractivity contribution in [1.82, 2.24) is 9.29 Å². The number of nitrogens with zero attached hydrogens (tertiary/aromatic N) is 2. The fourth-order valence-corrected chi connectivity index (χ4v) is 4.17. The second-order valence-electron chi connectivity index (χ2n) is 6.16. The molecule has 0 unspecified atom stereocenters. The third kappa shape index (κ3) is 4.14. The summed E-state index contributed by atoms with van der Waals surface area (Å²) >= 11 is 0. The normalized spacial score (nSPS) is 14.2. The van der Waals surface area contributed by atoms with E-state index < -0.39 is 15.9 Å². The van der Waals surface area contributed by atoms with Crippen LogP contribution in [0.2, 0.25) is 0 Å². The maximum Gasteiger partial charge on any atom is 0.245 e. The Morgan fingerprint density at radius 3 is 2.62 bits per heavy atom. The lowest BCUT2D eigenvalue weighted by Gasteiger charge is -2.21. The predicted molar refractivity (Wildman–Crippen MR) is 96.2 cm³/mol. The second-order valence-corrected chi connectivity index (χ2v) is 8.05. The van der Waals surface area contributed by atoms with Crippen LogP contribution in [0.4, 0.5) is 5.69 Å². The van der Waals surface area contributed by atoms with Gasteiger partial charge in [0.25, 0.3) is 0 Å². The molecule has 0 bridgehead atoms. The summed E-state index contributed by atoms with van der Waals surface area (Å²) in [6.45, 7) is 1.16. The highest BCUT2D eigenvalue weighted by Crippen LogP contribution is 2.31. The summed E-state index contributed by atoms with van der Waals surface area (Å²) in [6.07, 6.45) is 4.23. The average Bonchev–Trinajstić information content (AvgIpc) is 3.45. The molecule has 26 heavy (non-hydrogen) atoms. The highest BCUT2D eigenvalue weighted by molar-refractivity contribution is 7.89. The topological polar surface area (TPSA) is 96.4 Å². The largest absolute Gasteiger partial charge is 0.325 e. The van der Waals surface area contributed by atoms with Gasteiger partial charge in [0.05, 0.1) is 6.54 Å². The summed E-state index contributed by atoms with van der Waals surface area (Å²) in [5.74, 6) is -0.565. The number of nitrogens with one attached hydrogen (secondary N) is 1. The van der Waals surface area contributed by atoms with E-state index in [1.807, 2.05) is 0 Å². The Morgan fingerprint density at radius 1 is 1.23 bits per heavy atom. The first kappa shape index (κ1) is 18.2. The van der Waals surface area contributed by atoms with E-state index in [1.165, 1.54) is 29.7 Å². The molecule has 8 heteroatoms. The number of pyridine rings is 1. The number of anilines is 1. The van der Waals surface area contributed by atoms with Gasteiger partial charge in [0.2, 0.25) is 15.9 Å². The fraction of sp³-hybridized carbons (Fsp3) is 0.278. The highest BCUT2D eigenvalue weighted by atomic mass is 32.2. The quantitative estimate of drug-likeness (QED) is 0.750. The zero-order chi connectivity index (χ0) is 18.7. The van der Waals surface area contributed by atoms with E-state index >= 15 is 0 Å². The number of carbonyl (C=O) groups excluding carboxylic acids is 2. The molecule has 1 aliphatic rings. The van der Waals surface area contributed by atoms with Crippen molar-refractivity contribution in [2.45, 2.75) is 30.7 Å². The Kier molecular flexibility index (Phi) is 5.15. The third-order valence-corrected chi connectivity index (χ3v) is 5.93. The number of Topliss-reactive ketones (excluding diaryl/α,β-unsaturated/α-hetero) is 1. The van der Waals surface area contributed by atoms with Gasteiger partial charge in [-0.15, -0.1) is 0 Å². The van der Waals surface area contributed by atoms with E-state index in [0.29, 0.717) is 11.3 Å². The van der Waals surface area contributed by atoms with E-state index in [4.69, 9.17) is 0 Å². The highest BCUT2D eigenvalue weighted by Gasteiger charge is 2.39. The molecular weight excluding hydrogens is 354 g/mol. The number of aromatic nitrogens is 1. The van der Waals surface area contributed by atoms with Crippen LogP contribution in [0.1, 0.15) is 30.1 Å². The van der Waals surface area contributed by atoms with Crippen molar-refractivity contribution in [2.24, 2.45) is 0 Å². The molecule has 2 aromatic rings. The Hall–Kier alpha value is -2.58. The summed E-state index contributed by atoms with van der Waals surface area (Å²) in [4.78, 5) is 27.8. The van der Waals surface area contributed by atoms with E-state index in [2.05, 4.69) is 10.3 Å². The molecular formula is C18H19N3O4S. The fourth-order valence-electron chi connectivity index (χ4n) is 2.57. The summed E-state index contributed by atoms with van der Waals surface area (Å²) in [5, 5.41) is 2.66. The maximum atomic E-state index is 12.8. The molecule has 0 radical (unpaired) electrons. The van der Waals surface area contributed by atoms with E-state index in [-0.39, 0.29) is 23.3 Å². The first-order valence-corrected chi connectivity index (χ1v) is 9.64. The van der Waals surface area contributed by atoms with Crippen molar-refractivity contribution >= 4 is 27.4 Å². The first-order chi connectivity index (χ1) is 12.4. The minimum atomic E-state index is -3.79. The van der Waals surface area contributed by atoms with Crippen LogP contribution in [0, 0.1) is 0 Å². The SMILES string of the molecule is CC(=O)c1cccc(NC(=O)CN(C2CC2)S(=O)(=O)c2cccnc2)c1. The number of ketones is 1. The Bertz CT molecular complexity index is 924. The first-order valence-electron chi connectivity index (χ1n) is 8.20. The lowest BCUT2D eigenvalue weighted by molar-refractivity contribution is -0.116. The molecule has 0 aliphatic heterocycles. The third-order valence-electron chi connectivity index (χ3n) is 4.05. The van der Waals surface area contributed by atoms with Crippen LogP contribution in [-0.2, 0) is 14.8 Å². The summed E-state index contributed by atoms with van der Waals surface area (Å²) in [7, 11) is -3.79. The van der Waals surface area contributed by atoms with Gasteiger partial charge in [-0.05, 0) is 44.0 Å². The molecule has 7 nitrogen and oxygen atoms in total. The number of sulfonamides is 1. The molecule has 1 aromatic carbocycles. The molecule has 1 fully saturated rings. The van der Waals surface area contributed by atoms with Gasteiger partial charge in [-0.3, -0.25) is 14.6 Å². The van der Waals surface area contributed by atoms with Gasteiger partial charge in [0, 0.05) is 29.7 Å². The molecule has 3 rings (SSSR count). The average molecular weight is 373 g/mol. The van der Waals surface area contributed by atoms with Gasteiger partial charge >= 0.3 is 0 Å². The van der Waals surface area contributed by atoms with Crippen LogP contribution < -0.4 is 5.32 Å². The van der Waals surface area contributed by atoms with Crippen molar-refractivity contribution in [1.29, 1.82) is 0 Å². The summed E-state index contributed by atoms with van der Waals surface area (Å²) in [5.41, 5.74) is 0.932. The van der Waals surface area contributed by atoms with E-state index in [1.54, 1.807) is 30.3 Å². The van der Waals surface area contributed by atoms with E-state index in [0.717, 1.165) is 12.8 Å². The predicted octanol–water partition coefficient (Wildman–Crippen LogP) is 2.08. The van der Waals surface area contributed by atoms with Gasteiger partial charge in [-0.2, -0.15) is 4.31 Å². The molecule has 0 saturated heterocycles. The molecule has 1 aliphatic carbocycles. The van der Waals surface area contributed by atoms with E-state index in [9.17, 15) is 18.0 Å². The zero-order valence-corrected chi connectivity index (χ0v) is 15.1. The van der Waals surface area contributed by atoms with Gasteiger partial charge in [-0.25, -0.2) is 8.42 Å². The number of carbonyl (C=O) groups is 2. The van der Waals surface area contributed by atoms with Crippen molar-refractivity contribution in [3.63, 3.8) is 0 Å². The molecule has 1 heterocycles. The van der Waals surface area contributed by atoms with Crippen LogP contribution in [0.15, 0.2) is 53.7 Å². The lowest BCUT2D eigenvalue weighted by atomic mass is 10.1. The molecule has 1 amide bonds. The van der Waals surface area contributed by atoms with Crippen molar-refractivity contribution in [3.8, 4) is 0 Å². The Morgan fingerprint density at radius 2 is 2.00 bits per heavy atom. The minimum absolute atomic E-state index is 0.0678. The molecule has 1 N–H and O–H groups in total. The van der Waals surface area contributed by atoms with Gasteiger partial charge < -0.3 is 5.32 Å². The molecule has 0 spiro atoms. The zero-order valence-electron chi connectivity index (χ0n) is 14.3. The number of hydrogen-bond donors (Lipinski definition) is 1. The second kappa shape index (κ2) is 7.35. The molecule has 136 valence electrons. The smallest absolute Gasteiger partial charge is 0.245 e. The number of rotatable bonds is 7. The van der Waals surface area contributed by atoms with Gasteiger partial charge in [0.1, 0.15) is 4.90 Å². The van der Waals surface area contributed by atoms with Crippen molar-refractivity contribution in [2.75, 3.05) is 11.9 Å². The van der Waals surface area contributed by atoms with Crippen LogP contribution >= 0.6 is 0 Å². The lowest BCUT2D eigenvalue weighted by Crippen LogP contribution is -2.39. The molecule has 0 atom stereocenters. The van der Waals surface area contributed by atoms with Crippen LogP contribution in [0.25, 0.3) is 0 Å². The summed E-state index contributed by atoms with van der Waals surface area (Å²) < 4.78 is 26.8. The number of hydrogen-bond acceptors (Lipinski definition) is 5. The Balaban J connectivity index is 1.76. The molecule has 1 saturated carbocycles. The van der Waals surface area contributed by atoms with Crippen molar-refractivity contribution < 1.29 is 18.0 Å². The number of amides is 1. The molecule has 1 aromatic heterocycles. The van der Waals surface area contributed by atoms with Crippen LogP contribution in [0.5, 0.6) is 0 Å². The van der Waals surface area contributed by atoms with Crippen LogP contribution in [-0.4, -0.2) is 42.0 Å². The number of benzene rings is 1. The maximum absolute atomic E-state index is 12.8. The Labute approximate surface area is 152 Å². The minimum Gasteiger partial charge on any atom is -0.325 e. The van der Waals surface area contributed by atoms with Crippen LogP contribution in [0.3, 0.4) is 0 Å².